The van der Waals surface area contributed by atoms with Gasteiger partial charge in [-0.3, -0.25) is 9.59 Å². The molecule has 2 amide bonds. The van der Waals surface area contributed by atoms with E-state index in [1.54, 1.807) is 18.2 Å². The van der Waals surface area contributed by atoms with Gasteiger partial charge in [0, 0.05) is 30.9 Å². The summed E-state index contributed by atoms with van der Waals surface area (Å²) in [6.07, 6.45) is 2.42. The summed E-state index contributed by atoms with van der Waals surface area (Å²) in [5.41, 5.74) is 2.11. The third-order valence-electron chi connectivity index (χ3n) is 4.48. The number of amides is 2. The van der Waals surface area contributed by atoms with Crippen molar-refractivity contribution in [2.75, 3.05) is 38.5 Å². The molecule has 1 N–H and O–H groups in total. The molecule has 0 spiro atoms. The minimum Gasteiger partial charge on any atom is -0.459 e. The third kappa shape index (κ3) is 4.09. The first kappa shape index (κ1) is 17.2. The molecule has 1 aliphatic rings. The second-order valence-corrected chi connectivity index (χ2v) is 6.41. The van der Waals surface area contributed by atoms with Crippen LogP contribution in [0.1, 0.15) is 32.9 Å². The second-order valence-electron chi connectivity index (χ2n) is 6.41. The van der Waals surface area contributed by atoms with Gasteiger partial charge in [0.1, 0.15) is 0 Å². The lowest BCUT2D eigenvalue weighted by Gasteiger charge is -2.21. The van der Waals surface area contributed by atoms with E-state index >= 15 is 0 Å². The number of furan rings is 1. The lowest BCUT2D eigenvalue weighted by molar-refractivity contribution is 0.0762. The van der Waals surface area contributed by atoms with Crippen LogP contribution >= 0.6 is 0 Å². The Hall–Kier alpha value is -2.60. The third-order valence-corrected chi connectivity index (χ3v) is 4.48. The number of benzene rings is 1. The van der Waals surface area contributed by atoms with E-state index in [2.05, 4.69) is 17.3 Å². The number of aryl methyl sites for hydroxylation is 1. The lowest BCUT2D eigenvalue weighted by Crippen LogP contribution is -2.34. The van der Waals surface area contributed by atoms with Crippen LogP contribution in [0.3, 0.4) is 0 Å². The minimum absolute atomic E-state index is 0.00352. The highest BCUT2D eigenvalue weighted by Gasteiger charge is 2.20. The maximum absolute atomic E-state index is 12.8. The van der Waals surface area contributed by atoms with E-state index in [-0.39, 0.29) is 17.6 Å². The van der Waals surface area contributed by atoms with Crippen LogP contribution in [0.5, 0.6) is 0 Å². The highest BCUT2D eigenvalue weighted by Crippen LogP contribution is 2.20. The van der Waals surface area contributed by atoms with Crippen molar-refractivity contribution in [1.29, 1.82) is 0 Å². The zero-order valence-electron chi connectivity index (χ0n) is 14.6. The van der Waals surface area contributed by atoms with Crippen molar-refractivity contribution in [1.82, 2.24) is 9.80 Å². The molecule has 0 atom stereocenters. The number of hydrogen-bond donors (Lipinski definition) is 1. The summed E-state index contributed by atoms with van der Waals surface area (Å²) >= 11 is 0. The zero-order chi connectivity index (χ0) is 17.8. The normalized spacial score (nSPS) is 15.7. The summed E-state index contributed by atoms with van der Waals surface area (Å²) in [5, 5.41) is 2.82. The number of carbonyl (C=O) groups excluding carboxylic acids is 2. The Balaban J connectivity index is 1.76. The maximum Gasteiger partial charge on any atom is 0.291 e. The quantitative estimate of drug-likeness (QED) is 0.932. The fraction of sp³-hybridized carbons (Fsp3) is 0.368. The lowest BCUT2D eigenvalue weighted by atomic mass is 10.1. The van der Waals surface area contributed by atoms with Gasteiger partial charge >= 0.3 is 0 Å². The topological polar surface area (TPSA) is 65.8 Å². The highest BCUT2D eigenvalue weighted by atomic mass is 16.3. The van der Waals surface area contributed by atoms with E-state index in [0.29, 0.717) is 11.3 Å². The van der Waals surface area contributed by atoms with Crippen LogP contribution in [0.4, 0.5) is 5.69 Å². The van der Waals surface area contributed by atoms with Gasteiger partial charge in [-0.05, 0) is 56.8 Å². The van der Waals surface area contributed by atoms with Crippen LogP contribution in [-0.2, 0) is 0 Å². The summed E-state index contributed by atoms with van der Waals surface area (Å²) in [4.78, 5) is 29.1. The molecule has 1 aromatic heterocycles. The zero-order valence-corrected chi connectivity index (χ0v) is 14.6. The monoisotopic (exact) mass is 341 g/mol. The maximum atomic E-state index is 12.8. The van der Waals surface area contributed by atoms with Crippen LogP contribution < -0.4 is 5.32 Å². The first-order valence-corrected chi connectivity index (χ1v) is 8.48. The molecular weight excluding hydrogens is 318 g/mol. The Bertz CT molecular complexity index is 755. The van der Waals surface area contributed by atoms with Crippen molar-refractivity contribution in [3.05, 3.63) is 53.5 Å². The van der Waals surface area contributed by atoms with Crippen LogP contribution in [0, 0.1) is 6.92 Å². The SMILES string of the molecule is Cc1ccc(C(=O)N2CCCN(C)CC2)cc1NC(=O)c1ccco1. The molecule has 132 valence electrons. The fourth-order valence-corrected chi connectivity index (χ4v) is 2.91. The number of likely N-dealkylation sites (N-methyl/N-ethyl adjacent to an activating group) is 1. The molecule has 0 bridgehead atoms. The van der Waals surface area contributed by atoms with E-state index in [1.807, 2.05) is 24.0 Å². The average Bonchev–Trinajstić information content (AvgIpc) is 3.05. The Morgan fingerprint density at radius 3 is 2.72 bits per heavy atom. The van der Waals surface area contributed by atoms with E-state index in [9.17, 15) is 9.59 Å². The van der Waals surface area contributed by atoms with Gasteiger partial charge in [-0.25, -0.2) is 0 Å². The smallest absolute Gasteiger partial charge is 0.291 e. The predicted molar refractivity (Wildman–Crippen MR) is 95.9 cm³/mol. The number of nitrogens with zero attached hydrogens (tertiary/aromatic N) is 2. The largest absolute Gasteiger partial charge is 0.459 e. The van der Waals surface area contributed by atoms with E-state index < -0.39 is 0 Å². The van der Waals surface area contributed by atoms with Crippen LogP contribution in [0.2, 0.25) is 0 Å². The minimum atomic E-state index is -0.325. The molecule has 1 aromatic carbocycles. The van der Waals surface area contributed by atoms with Gasteiger partial charge in [0.25, 0.3) is 11.8 Å². The molecule has 2 aromatic rings. The molecule has 1 aliphatic heterocycles. The van der Waals surface area contributed by atoms with Gasteiger partial charge in [-0.15, -0.1) is 0 Å². The van der Waals surface area contributed by atoms with Gasteiger partial charge in [0.15, 0.2) is 5.76 Å². The first-order valence-electron chi connectivity index (χ1n) is 8.48. The van der Waals surface area contributed by atoms with Gasteiger partial charge in [0.2, 0.25) is 0 Å². The molecule has 1 saturated heterocycles. The number of carbonyl (C=O) groups is 2. The predicted octanol–water partition coefficient (Wildman–Crippen LogP) is 2.62. The highest BCUT2D eigenvalue weighted by molar-refractivity contribution is 6.03. The molecule has 0 saturated carbocycles. The molecule has 2 heterocycles. The average molecular weight is 341 g/mol. The molecule has 6 nitrogen and oxygen atoms in total. The number of nitrogens with one attached hydrogen (secondary N) is 1. The van der Waals surface area contributed by atoms with Crippen molar-refractivity contribution in [3.8, 4) is 0 Å². The standard InChI is InChI=1S/C19H23N3O3/c1-14-6-7-15(19(24)22-9-4-8-21(2)10-11-22)13-16(14)20-18(23)17-5-3-12-25-17/h3,5-7,12-13H,4,8-11H2,1-2H3,(H,20,23). The van der Waals surface area contributed by atoms with Crippen LogP contribution in [0.15, 0.2) is 41.0 Å². The second kappa shape index (κ2) is 7.53. The van der Waals surface area contributed by atoms with Crippen molar-refractivity contribution in [3.63, 3.8) is 0 Å². The molecule has 0 unspecified atom stereocenters. The summed E-state index contributed by atoms with van der Waals surface area (Å²) in [7, 11) is 2.07. The van der Waals surface area contributed by atoms with Gasteiger partial charge in [-0.2, -0.15) is 0 Å². The van der Waals surface area contributed by atoms with E-state index in [0.717, 1.165) is 38.2 Å². The van der Waals surface area contributed by atoms with Gasteiger partial charge < -0.3 is 19.5 Å². The Morgan fingerprint density at radius 1 is 1.12 bits per heavy atom. The molecule has 25 heavy (non-hydrogen) atoms. The van der Waals surface area contributed by atoms with Gasteiger partial charge in [0.05, 0.1) is 6.26 Å². The Morgan fingerprint density at radius 2 is 1.96 bits per heavy atom. The number of anilines is 1. The number of hydrogen-bond acceptors (Lipinski definition) is 4. The first-order chi connectivity index (χ1) is 12.0. The van der Waals surface area contributed by atoms with Crippen molar-refractivity contribution in [2.24, 2.45) is 0 Å². The molecule has 1 fully saturated rings. The molecule has 0 radical (unpaired) electrons. The molecular formula is C19H23N3O3. The number of rotatable bonds is 3. The molecule has 6 heteroatoms. The van der Waals surface area contributed by atoms with E-state index in [1.165, 1.54) is 6.26 Å². The molecule has 3 rings (SSSR count). The van der Waals surface area contributed by atoms with Gasteiger partial charge in [-0.1, -0.05) is 6.07 Å². The summed E-state index contributed by atoms with van der Waals surface area (Å²) in [6.45, 7) is 5.25. The van der Waals surface area contributed by atoms with Crippen LogP contribution in [-0.4, -0.2) is 54.8 Å². The van der Waals surface area contributed by atoms with E-state index in [4.69, 9.17) is 4.42 Å². The summed E-state index contributed by atoms with van der Waals surface area (Å²) in [6, 6.07) is 8.68. The van der Waals surface area contributed by atoms with Crippen molar-refractivity contribution < 1.29 is 14.0 Å². The molecule has 0 aliphatic carbocycles. The van der Waals surface area contributed by atoms with Crippen molar-refractivity contribution >= 4 is 17.5 Å². The summed E-state index contributed by atoms with van der Waals surface area (Å²) < 4.78 is 5.11. The van der Waals surface area contributed by atoms with Crippen LogP contribution in [0.25, 0.3) is 0 Å². The fourth-order valence-electron chi connectivity index (χ4n) is 2.91. The van der Waals surface area contributed by atoms with Crippen molar-refractivity contribution in [2.45, 2.75) is 13.3 Å². The Kier molecular flexibility index (Phi) is 5.19. The summed E-state index contributed by atoms with van der Waals surface area (Å²) in [5.74, 6) is -0.0791. The Labute approximate surface area is 147 Å².